The van der Waals surface area contributed by atoms with Crippen LogP contribution < -0.4 is 0 Å². The maximum Gasteiger partial charge on any atom is 0.320 e. The van der Waals surface area contributed by atoms with Crippen molar-refractivity contribution in [1.82, 2.24) is 14.1 Å². The normalized spacial score (nSPS) is 19.9. The number of carbonyl (C=O) groups is 1. The number of benzene rings is 1. The zero-order valence-electron chi connectivity index (χ0n) is 13.5. The number of ether oxygens (including phenoxy) is 1. The molecule has 2 heterocycles. The van der Waals surface area contributed by atoms with Crippen LogP contribution in [0.15, 0.2) is 23.1 Å². The molecule has 0 N–H and O–H groups in total. The number of nitrogens with zero attached hydrogens (tertiary/aromatic N) is 3. The molecule has 2 aliphatic rings. The van der Waals surface area contributed by atoms with E-state index in [0.717, 1.165) is 0 Å². The van der Waals surface area contributed by atoms with E-state index >= 15 is 0 Å². The number of carbonyl (C=O) groups excluding carboxylic acids is 1. The van der Waals surface area contributed by atoms with Gasteiger partial charge in [-0.1, -0.05) is 23.2 Å². The average Bonchev–Trinajstić information content (AvgIpc) is 2.64. The Bertz CT molecular complexity index is 745. The van der Waals surface area contributed by atoms with Crippen molar-refractivity contribution in [2.75, 3.05) is 52.5 Å². The summed E-state index contributed by atoms with van der Waals surface area (Å²) in [6.07, 6.45) is 0. The molecule has 25 heavy (non-hydrogen) atoms. The monoisotopic (exact) mass is 407 g/mol. The molecule has 2 aliphatic heterocycles. The van der Waals surface area contributed by atoms with Crippen LogP contribution in [0, 0.1) is 0 Å². The molecular weight excluding hydrogens is 389 g/mol. The fraction of sp³-hybridized carbons (Fsp3) is 0.533. The molecule has 0 radical (unpaired) electrons. The molecule has 2 saturated heterocycles. The van der Waals surface area contributed by atoms with Crippen molar-refractivity contribution in [3.63, 3.8) is 0 Å². The highest BCUT2D eigenvalue weighted by Gasteiger charge is 2.32. The van der Waals surface area contributed by atoms with Crippen molar-refractivity contribution >= 4 is 39.3 Å². The van der Waals surface area contributed by atoms with Crippen molar-refractivity contribution in [3.05, 3.63) is 28.2 Å². The molecule has 1 aromatic carbocycles. The highest BCUT2D eigenvalue weighted by atomic mass is 35.5. The first kappa shape index (κ1) is 18.7. The van der Waals surface area contributed by atoms with Gasteiger partial charge >= 0.3 is 6.03 Å². The molecule has 0 atom stereocenters. The molecule has 0 spiro atoms. The molecule has 138 valence electrons. The zero-order chi connectivity index (χ0) is 18.0. The van der Waals surface area contributed by atoms with E-state index in [-0.39, 0.29) is 29.0 Å². The minimum absolute atomic E-state index is 0.0603. The molecule has 0 unspecified atom stereocenters. The molecule has 2 fully saturated rings. The molecule has 2 amide bonds. The first-order valence-electron chi connectivity index (χ1n) is 7.96. The van der Waals surface area contributed by atoms with Crippen LogP contribution in [0.5, 0.6) is 0 Å². The summed E-state index contributed by atoms with van der Waals surface area (Å²) in [5, 5.41) is 0.505. The van der Waals surface area contributed by atoms with Crippen molar-refractivity contribution in [3.8, 4) is 0 Å². The summed E-state index contributed by atoms with van der Waals surface area (Å²) in [7, 11) is -3.66. The topological polar surface area (TPSA) is 70.2 Å². The molecule has 10 heteroatoms. The molecule has 0 bridgehead atoms. The van der Waals surface area contributed by atoms with Crippen LogP contribution in [0.4, 0.5) is 4.79 Å². The number of urea groups is 1. The second kappa shape index (κ2) is 7.67. The van der Waals surface area contributed by atoms with Crippen molar-refractivity contribution in [1.29, 1.82) is 0 Å². The lowest BCUT2D eigenvalue weighted by Gasteiger charge is -2.38. The van der Waals surface area contributed by atoms with Gasteiger partial charge < -0.3 is 14.5 Å². The predicted molar refractivity (Wildman–Crippen MR) is 94.6 cm³/mol. The highest BCUT2D eigenvalue weighted by Crippen LogP contribution is 2.27. The molecule has 7 nitrogen and oxygen atoms in total. The number of halogens is 2. The Morgan fingerprint density at radius 3 is 2.12 bits per heavy atom. The lowest BCUT2D eigenvalue weighted by Crippen LogP contribution is -2.55. The summed E-state index contributed by atoms with van der Waals surface area (Å²) in [5.74, 6) is 0. The van der Waals surface area contributed by atoms with Gasteiger partial charge in [0.15, 0.2) is 0 Å². The SMILES string of the molecule is O=C(N1CCOCC1)N1CCN(S(=O)(=O)c2ccc(Cl)c(Cl)c2)CC1. The van der Waals surface area contributed by atoms with Gasteiger partial charge in [0.1, 0.15) is 0 Å². The average molecular weight is 408 g/mol. The summed E-state index contributed by atoms with van der Waals surface area (Å²) in [6.45, 7) is 3.43. The Hall–Kier alpha value is -1.06. The number of hydrogen-bond acceptors (Lipinski definition) is 4. The van der Waals surface area contributed by atoms with Crippen molar-refractivity contribution in [2.24, 2.45) is 0 Å². The van der Waals surface area contributed by atoms with Gasteiger partial charge in [-0.2, -0.15) is 4.31 Å². The number of amides is 2. The number of rotatable bonds is 2. The van der Waals surface area contributed by atoms with Crippen LogP contribution in [0.25, 0.3) is 0 Å². The van der Waals surface area contributed by atoms with Gasteiger partial charge in [-0.15, -0.1) is 0 Å². The smallest absolute Gasteiger partial charge is 0.320 e. The number of morpholine rings is 1. The van der Waals surface area contributed by atoms with Crippen LogP contribution in [-0.4, -0.2) is 81.0 Å². The third-order valence-corrected chi connectivity index (χ3v) is 6.95. The van der Waals surface area contributed by atoms with E-state index < -0.39 is 10.0 Å². The van der Waals surface area contributed by atoms with E-state index in [0.29, 0.717) is 44.4 Å². The Kier molecular flexibility index (Phi) is 5.75. The van der Waals surface area contributed by atoms with Crippen LogP contribution in [-0.2, 0) is 14.8 Å². The van der Waals surface area contributed by atoms with Gasteiger partial charge in [-0.25, -0.2) is 13.2 Å². The van der Waals surface area contributed by atoms with Crippen LogP contribution in [0.1, 0.15) is 0 Å². The van der Waals surface area contributed by atoms with Gasteiger partial charge in [0.2, 0.25) is 10.0 Å². The standard InChI is InChI=1S/C15H19Cl2N3O4S/c16-13-2-1-12(11-14(13)17)25(22,23)20-5-3-18(4-6-20)15(21)19-7-9-24-10-8-19/h1-2,11H,3-10H2. The molecule has 3 rings (SSSR count). The first-order valence-corrected chi connectivity index (χ1v) is 10.2. The minimum atomic E-state index is -3.66. The molecule has 0 saturated carbocycles. The first-order chi connectivity index (χ1) is 11.9. The fourth-order valence-electron chi connectivity index (χ4n) is 2.86. The second-order valence-electron chi connectivity index (χ2n) is 5.85. The Labute approximate surface area is 157 Å². The molecular formula is C15H19Cl2N3O4S. The van der Waals surface area contributed by atoms with E-state index in [4.69, 9.17) is 27.9 Å². The largest absolute Gasteiger partial charge is 0.378 e. The van der Waals surface area contributed by atoms with E-state index in [2.05, 4.69) is 0 Å². The predicted octanol–water partition coefficient (Wildman–Crippen LogP) is 1.75. The summed E-state index contributed by atoms with van der Waals surface area (Å²) in [4.78, 5) is 16.0. The van der Waals surface area contributed by atoms with Gasteiger partial charge in [0, 0.05) is 39.3 Å². The van der Waals surface area contributed by atoms with Crippen LogP contribution in [0.3, 0.4) is 0 Å². The zero-order valence-corrected chi connectivity index (χ0v) is 15.9. The summed E-state index contributed by atoms with van der Waals surface area (Å²) in [5.41, 5.74) is 0. The lowest BCUT2D eigenvalue weighted by atomic mass is 10.3. The molecule has 1 aromatic rings. The van der Waals surface area contributed by atoms with E-state index in [1.54, 1.807) is 9.80 Å². The van der Waals surface area contributed by atoms with E-state index in [9.17, 15) is 13.2 Å². The Morgan fingerprint density at radius 2 is 1.52 bits per heavy atom. The molecule has 0 aromatic heterocycles. The summed E-state index contributed by atoms with van der Waals surface area (Å²) in [6, 6.07) is 4.20. The van der Waals surface area contributed by atoms with Gasteiger partial charge in [-0.05, 0) is 18.2 Å². The highest BCUT2D eigenvalue weighted by molar-refractivity contribution is 7.89. The number of hydrogen-bond donors (Lipinski definition) is 0. The maximum atomic E-state index is 12.7. The fourth-order valence-corrected chi connectivity index (χ4v) is 4.67. The summed E-state index contributed by atoms with van der Waals surface area (Å²) >= 11 is 11.8. The van der Waals surface area contributed by atoms with E-state index in [1.165, 1.54) is 22.5 Å². The quantitative estimate of drug-likeness (QED) is 0.748. The second-order valence-corrected chi connectivity index (χ2v) is 8.60. The van der Waals surface area contributed by atoms with Gasteiger partial charge in [0.25, 0.3) is 0 Å². The third-order valence-electron chi connectivity index (χ3n) is 4.32. The molecule has 0 aliphatic carbocycles. The Morgan fingerprint density at radius 1 is 0.920 bits per heavy atom. The lowest BCUT2D eigenvalue weighted by molar-refractivity contribution is 0.0405. The van der Waals surface area contributed by atoms with Crippen molar-refractivity contribution < 1.29 is 17.9 Å². The Balaban J connectivity index is 1.64. The van der Waals surface area contributed by atoms with Crippen LogP contribution in [0.2, 0.25) is 10.0 Å². The van der Waals surface area contributed by atoms with Gasteiger partial charge in [-0.3, -0.25) is 0 Å². The van der Waals surface area contributed by atoms with E-state index in [1.807, 2.05) is 0 Å². The van der Waals surface area contributed by atoms with Gasteiger partial charge in [0.05, 0.1) is 28.2 Å². The third kappa shape index (κ3) is 4.03. The number of piperazine rings is 1. The minimum Gasteiger partial charge on any atom is -0.378 e. The maximum absolute atomic E-state index is 12.7. The van der Waals surface area contributed by atoms with Crippen molar-refractivity contribution in [2.45, 2.75) is 4.90 Å². The van der Waals surface area contributed by atoms with Crippen LogP contribution >= 0.6 is 23.2 Å². The summed E-state index contributed by atoms with van der Waals surface area (Å²) < 4.78 is 32.1. The number of sulfonamides is 1.